The topological polar surface area (TPSA) is 62.3 Å². The molecule has 0 spiro atoms. The van der Waals surface area contributed by atoms with Gasteiger partial charge in [-0.3, -0.25) is 0 Å². The number of aromatic nitrogens is 2. The fourth-order valence-electron chi connectivity index (χ4n) is 5.61. The molecule has 9 heteroatoms. The van der Waals surface area contributed by atoms with E-state index in [1.54, 1.807) is 6.07 Å². The zero-order valence-electron chi connectivity index (χ0n) is 23.4. The molecule has 0 bridgehead atoms. The summed E-state index contributed by atoms with van der Waals surface area (Å²) in [5.41, 5.74) is 3.03. The Labute approximate surface area is 239 Å². The van der Waals surface area contributed by atoms with Crippen LogP contribution >= 0.6 is 0 Å². The van der Waals surface area contributed by atoms with Crippen LogP contribution in [0.4, 0.5) is 24.9 Å². The molecule has 0 aliphatic heterocycles. The summed E-state index contributed by atoms with van der Waals surface area (Å²) in [5, 5.41) is 7.91. The number of para-hydroxylation sites is 1. The normalized spacial score (nSPS) is 17.4. The van der Waals surface area contributed by atoms with Crippen molar-refractivity contribution < 1.29 is 17.9 Å². The van der Waals surface area contributed by atoms with Gasteiger partial charge >= 0.3 is 6.36 Å². The third-order valence-corrected chi connectivity index (χ3v) is 7.70. The Balaban J connectivity index is 1.15. The van der Waals surface area contributed by atoms with Gasteiger partial charge in [-0.1, -0.05) is 54.6 Å². The van der Waals surface area contributed by atoms with Gasteiger partial charge in [0.1, 0.15) is 11.6 Å². The fourth-order valence-corrected chi connectivity index (χ4v) is 5.61. The summed E-state index contributed by atoms with van der Waals surface area (Å²) in [7, 11) is 3.97. The molecule has 41 heavy (non-hydrogen) atoms. The Hall–Kier alpha value is -3.85. The summed E-state index contributed by atoms with van der Waals surface area (Å²) in [5.74, 6) is 2.37. The second-order valence-electron chi connectivity index (χ2n) is 10.9. The number of fused-ring (bicyclic) bond motifs is 1. The molecule has 0 unspecified atom stereocenters. The highest BCUT2D eigenvalue weighted by molar-refractivity contribution is 5.90. The molecule has 1 saturated carbocycles. The zero-order valence-corrected chi connectivity index (χ0v) is 23.4. The van der Waals surface area contributed by atoms with Gasteiger partial charge in [-0.2, -0.15) is 4.98 Å². The minimum Gasteiger partial charge on any atom is -0.405 e. The van der Waals surface area contributed by atoms with E-state index in [-0.39, 0.29) is 5.75 Å². The van der Waals surface area contributed by atoms with Gasteiger partial charge < -0.3 is 20.3 Å². The molecular formula is C32H36F3N5O. The maximum absolute atomic E-state index is 13.1. The molecule has 0 saturated heterocycles. The summed E-state index contributed by atoms with van der Waals surface area (Å²) in [6, 6.07) is 22.3. The molecule has 1 heterocycles. The summed E-state index contributed by atoms with van der Waals surface area (Å²) in [4.78, 5) is 11.4. The van der Waals surface area contributed by atoms with Crippen molar-refractivity contribution in [1.82, 2.24) is 15.3 Å². The van der Waals surface area contributed by atoms with Gasteiger partial charge in [-0.15, -0.1) is 13.2 Å². The monoisotopic (exact) mass is 563 g/mol. The van der Waals surface area contributed by atoms with Gasteiger partial charge in [-0.25, -0.2) is 4.98 Å². The molecule has 1 aliphatic carbocycles. The smallest absolute Gasteiger partial charge is 0.405 e. The highest BCUT2D eigenvalue weighted by atomic mass is 19.4. The quantitative estimate of drug-likeness (QED) is 0.212. The maximum atomic E-state index is 13.1. The molecule has 0 atom stereocenters. The Bertz CT molecular complexity index is 1440. The number of hydrogen-bond donors (Lipinski definition) is 2. The Morgan fingerprint density at radius 2 is 1.51 bits per heavy atom. The van der Waals surface area contributed by atoms with Crippen molar-refractivity contribution in [3.05, 3.63) is 78.4 Å². The molecule has 5 rings (SSSR count). The Morgan fingerprint density at radius 3 is 2.22 bits per heavy atom. The molecule has 0 radical (unpaired) electrons. The number of halogens is 3. The van der Waals surface area contributed by atoms with E-state index in [1.807, 2.05) is 79.7 Å². The maximum Gasteiger partial charge on any atom is 0.573 e. The predicted octanol–water partition coefficient (Wildman–Crippen LogP) is 7.27. The Kier molecular flexibility index (Phi) is 8.93. The number of anilines is 2. The summed E-state index contributed by atoms with van der Waals surface area (Å²) in [6.07, 6.45) is -0.463. The van der Waals surface area contributed by atoms with Crippen LogP contribution in [0.25, 0.3) is 22.0 Å². The summed E-state index contributed by atoms with van der Waals surface area (Å²) < 4.78 is 43.8. The first-order chi connectivity index (χ1) is 19.8. The molecule has 1 aromatic heterocycles. The minimum atomic E-state index is -4.75. The lowest BCUT2D eigenvalue weighted by atomic mass is 9.82. The van der Waals surface area contributed by atoms with Crippen LogP contribution in [-0.4, -0.2) is 43.5 Å². The van der Waals surface area contributed by atoms with E-state index in [1.165, 1.54) is 6.07 Å². The average molecular weight is 564 g/mol. The fraction of sp³-hybridized carbons (Fsp3) is 0.375. The second-order valence-corrected chi connectivity index (χ2v) is 10.9. The SMILES string of the molecule is CN(C)c1nc(NCC2CCC(CNCc3c(OC(F)(F)F)cccc3-c3ccccc3)CC2)nc2ccccc12. The van der Waals surface area contributed by atoms with Crippen LogP contribution in [0.2, 0.25) is 0 Å². The van der Waals surface area contributed by atoms with Crippen molar-refractivity contribution in [1.29, 1.82) is 0 Å². The molecule has 216 valence electrons. The number of ether oxygens (including phenoxy) is 1. The number of benzene rings is 3. The largest absolute Gasteiger partial charge is 0.573 e. The lowest BCUT2D eigenvalue weighted by molar-refractivity contribution is -0.274. The first kappa shape index (κ1) is 28.7. The molecular weight excluding hydrogens is 527 g/mol. The minimum absolute atomic E-state index is 0.158. The molecule has 6 nitrogen and oxygen atoms in total. The highest BCUT2D eigenvalue weighted by Crippen LogP contribution is 2.34. The lowest BCUT2D eigenvalue weighted by Crippen LogP contribution is -2.29. The van der Waals surface area contributed by atoms with Crippen molar-refractivity contribution in [3.8, 4) is 16.9 Å². The van der Waals surface area contributed by atoms with Gasteiger partial charge in [0.25, 0.3) is 0 Å². The van der Waals surface area contributed by atoms with Crippen molar-refractivity contribution in [2.75, 3.05) is 37.4 Å². The molecule has 4 aromatic rings. The highest BCUT2D eigenvalue weighted by Gasteiger charge is 2.32. The molecule has 2 N–H and O–H groups in total. The van der Waals surface area contributed by atoms with E-state index < -0.39 is 6.36 Å². The average Bonchev–Trinajstić information content (AvgIpc) is 2.96. The van der Waals surface area contributed by atoms with Crippen LogP contribution in [0, 0.1) is 11.8 Å². The van der Waals surface area contributed by atoms with Crippen LogP contribution in [0.5, 0.6) is 5.75 Å². The zero-order chi connectivity index (χ0) is 28.8. The third kappa shape index (κ3) is 7.47. The first-order valence-electron chi connectivity index (χ1n) is 14.1. The van der Waals surface area contributed by atoms with Gasteiger partial charge in [0, 0.05) is 38.1 Å². The van der Waals surface area contributed by atoms with Crippen molar-refractivity contribution in [3.63, 3.8) is 0 Å². The van der Waals surface area contributed by atoms with Crippen LogP contribution in [0.3, 0.4) is 0 Å². The van der Waals surface area contributed by atoms with E-state index in [0.717, 1.165) is 66.6 Å². The van der Waals surface area contributed by atoms with Crippen LogP contribution in [-0.2, 0) is 6.54 Å². The molecule has 0 amide bonds. The van der Waals surface area contributed by atoms with Gasteiger partial charge in [0.2, 0.25) is 5.95 Å². The van der Waals surface area contributed by atoms with Crippen LogP contribution in [0.1, 0.15) is 31.2 Å². The van der Waals surface area contributed by atoms with Gasteiger partial charge in [0.05, 0.1) is 5.52 Å². The predicted molar refractivity (Wildman–Crippen MR) is 158 cm³/mol. The number of nitrogens with zero attached hydrogens (tertiary/aromatic N) is 3. The second kappa shape index (κ2) is 12.8. The van der Waals surface area contributed by atoms with Gasteiger partial charge in [-0.05, 0) is 73.4 Å². The van der Waals surface area contributed by atoms with Crippen LogP contribution < -0.4 is 20.3 Å². The molecule has 3 aromatic carbocycles. The molecule has 1 aliphatic rings. The van der Waals surface area contributed by atoms with Crippen molar-refractivity contribution in [2.45, 2.75) is 38.6 Å². The van der Waals surface area contributed by atoms with E-state index in [9.17, 15) is 13.2 Å². The number of hydrogen-bond acceptors (Lipinski definition) is 6. The first-order valence-corrected chi connectivity index (χ1v) is 14.1. The number of alkyl halides is 3. The summed E-state index contributed by atoms with van der Waals surface area (Å²) in [6.45, 7) is 1.86. The van der Waals surface area contributed by atoms with E-state index in [2.05, 4.69) is 15.4 Å². The van der Waals surface area contributed by atoms with Crippen LogP contribution in [0.15, 0.2) is 72.8 Å². The van der Waals surface area contributed by atoms with Crippen molar-refractivity contribution in [2.24, 2.45) is 11.8 Å². The van der Waals surface area contributed by atoms with E-state index in [0.29, 0.717) is 29.9 Å². The number of rotatable bonds is 10. The molecule has 1 fully saturated rings. The number of nitrogens with one attached hydrogen (secondary N) is 2. The van der Waals surface area contributed by atoms with E-state index >= 15 is 0 Å². The van der Waals surface area contributed by atoms with Gasteiger partial charge in [0.15, 0.2) is 0 Å². The lowest BCUT2D eigenvalue weighted by Gasteiger charge is -2.29. The van der Waals surface area contributed by atoms with E-state index in [4.69, 9.17) is 9.97 Å². The van der Waals surface area contributed by atoms with Crippen molar-refractivity contribution >= 4 is 22.7 Å². The Morgan fingerprint density at radius 1 is 0.829 bits per heavy atom. The standard InChI is InChI=1S/C32H36F3N5O/c1-40(2)30-26-11-6-7-13-28(26)38-31(39-30)37-20-23-17-15-22(16-18-23)19-36-21-27-25(24-9-4-3-5-10-24)12-8-14-29(27)41-32(33,34)35/h3-14,22-23,36H,15-21H2,1-2H3,(H,37,38,39). The summed E-state index contributed by atoms with van der Waals surface area (Å²) >= 11 is 0. The third-order valence-electron chi connectivity index (χ3n) is 7.70.